The molecular weight excluding hydrogens is 444 g/mol. The number of nitrogen functional groups attached to an aromatic ring is 1. The lowest BCUT2D eigenvalue weighted by atomic mass is 9.72. The maximum absolute atomic E-state index is 6.63. The van der Waals surface area contributed by atoms with E-state index in [0.717, 1.165) is 69.6 Å². The standard InChI is InChI=1S/C30H26N6/c31-22-14-10-19(11-15-22)26-27(20-8-12-21(13-9-20)30(32)16-4-17-30)36-25-7-3-18-33-28(25)34-24-6-2-1-5-23(24)29(36)35-26/h1-3,5-15,18H,4,16-17,31-32H2,(H,33,34). The molecule has 1 saturated carbocycles. The maximum Gasteiger partial charge on any atom is 0.154 e. The van der Waals surface area contributed by atoms with Crippen LogP contribution in [0.2, 0.25) is 0 Å². The van der Waals surface area contributed by atoms with E-state index in [0.29, 0.717) is 0 Å². The lowest BCUT2D eigenvalue weighted by Crippen LogP contribution is -2.43. The number of nitrogens with two attached hydrogens (primary N) is 2. The van der Waals surface area contributed by atoms with Crippen LogP contribution in [0.5, 0.6) is 0 Å². The molecule has 36 heavy (non-hydrogen) atoms. The maximum atomic E-state index is 6.63. The SMILES string of the molecule is Nc1ccc(-c2nc3n(c2-c2ccc(C4(N)CCC4)cc2)-c2cccnc2Nc2ccccc2-3)cc1. The summed E-state index contributed by atoms with van der Waals surface area (Å²) < 4.78 is 2.23. The van der Waals surface area contributed by atoms with Crippen LogP contribution in [0.4, 0.5) is 17.2 Å². The zero-order valence-electron chi connectivity index (χ0n) is 19.8. The zero-order chi connectivity index (χ0) is 24.3. The van der Waals surface area contributed by atoms with Gasteiger partial charge in [0.05, 0.1) is 22.8 Å². The topological polar surface area (TPSA) is 94.8 Å². The highest BCUT2D eigenvalue weighted by molar-refractivity contribution is 5.91. The highest BCUT2D eigenvalue weighted by Gasteiger charge is 2.34. The summed E-state index contributed by atoms with van der Waals surface area (Å²) in [6.45, 7) is 0. The number of fused-ring (bicyclic) bond motifs is 5. The predicted octanol–water partition coefficient (Wildman–Crippen LogP) is 6.25. The van der Waals surface area contributed by atoms with Gasteiger partial charge in [0.15, 0.2) is 5.82 Å². The first-order valence-corrected chi connectivity index (χ1v) is 12.3. The van der Waals surface area contributed by atoms with E-state index in [9.17, 15) is 0 Å². The molecule has 0 saturated heterocycles. The van der Waals surface area contributed by atoms with Gasteiger partial charge in [-0.2, -0.15) is 0 Å². The zero-order valence-corrected chi connectivity index (χ0v) is 19.8. The van der Waals surface area contributed by atoms with Gasteiger partial charge in [-0.1, -0.05) is 48.5 Å². The van der Waals surface area contributed by atoms with Crippen LogP contribution in [0.3, 0.4) is 0 Å². The molecule has 2 aromatic heterocycles. The second-order valence-electron chi connectivity index (χ2n) is 9.72. The number of nitrogens with zero attached hydrogens (tertiary/aromatic N) is 3. The van der Waals surface area contributed by atoms with Crippen molar-refractivity contribution >= 4 is 17.2 Å². The van der Waals surface area contributed by atoms with Gasteiger partial charge in [0.25, 0.3) is 0 Å². The molecule has 0 amide bonds. The number of hydrogen-bond donors (Lipinski definition) is 3. The molecule has 2 aliphatic rings. The number of anilines is 3. The van der Waals surface area contributed by atoms with E-state index < -0.39 is 0 Å². The van der Waals surface area contributed by atoms with Crippen molar-refractivity contribution in [2.75, 3.05) is 11.1 Å². The Morgan fingerprint density at radius 2 is 1.58 bits per heavy atom. The van der Waals surface area contributed by atoms with Crippen LogP contribution in [0.15, 0.2) is 91.1 Å². The van der Waals surface area contributed by atoms with Gasteiger partial charge in [-0.05, 0) is 61.2 Å². The molecule has 1 aliphatic carbocycles. The quantitative estimate of drug-likeness (QED) is 0.266. The van der Waals surface area contributed by atoms with Crippen LogP contribution >= 0.6 is 0 Å². The fraction of sp³-hybridized carbons (Fsp3) is 0.133. The highest BCUT2D eigenvalue weighted by atomic mass is 15.2. The Hall–Kier alpha value is -4.42. The Bertz CT molecular complexity index is 1590. The third kappa shape index (κ3) is 3.15. The van der Waals surface area contributed by atoms with E-state index >= 15 is 0 Å². The van der Waals surface area contributed by atoms with Crippen LogP contribution in [-0.2, 0) is 5.54 Å². The average molecular weight is 471 g/mol. The van der Waals surface area contributed by atoms with Crippen molar-refractivity contribution in [1.82, 2.24) is 14.5 Å². The number of para-hydroxylation sites is 1. The number of hydrogen-bond acceptors (Lipinski definition) is 5. The molecule has 0 unspecified atom stereocenters. The van der Waals surface area contributed by atoms with Gasteiger partial charge in [0.1, 0.15) is 5.82 Å². The van der Waals surface area contributed by atoms with E-state index in [-0.39, 0.29) is 5.54 Å². The molecule has 3 heterocycles. The Morgan fingerprint density at radius 3 is 2.33 bits per heavy atom. The first-order chi connectivity index (χ1) is 17.6. The predicted molar refractivity (Wildman–Crippen MR) is 145 cm³/mol. The van der Waals surface area contributed by atoms with Crippen molar-refractivity contribution in [1.29, 1.82) is 0 Å². The molecule has 0 radical (unpaired) electrons. The summed E-state index contributed by atoms with van der Waals surface area (Å²) in [6, 6.07) is 28.9. The van der Waals surface area contributed by atoms with Crippen molar-refractivity contribution in [2.24, 2.45) is 5.73 Å². The Morgan fingerprint density at radius 1 is 0.833 bits per heavy atom. The number of benzene rings is 3. The molecular formula is C30H26N6. The molecule has 7 rings (SSSR count). The minimum absolute atomic E-state index is 0.202. The van der Waals surface area contributed by atoms with Crippen LogP contribution < -0.4 is 16.8 Å². The van der Waals surface area contributed by atoms with Crippen LogP contribution in [0, 0.1) is 0 Å². The molecule has 0 spiro atoms. The number of imidazole rings is 1. The lowest BCUT2D eigenvalue weighted by molar-refractivity contribution is 0.253. The van der Waals surface area contributed by atoms with Crippen LogP contribution in [0.1, 0.15) is 24.8 Å². The number of rotatable bonds is 3. The first-order valence-electron chi connectivity index (χ1n) is 12.3. The Labute approximate surface area is 209 Å². The molecule has 176 valence electrons. The van der Waals surface area contributed by atoms with Gasteiger partial charge in [-0.25, -0.2) is 9.97 Å². The fourth-order valence-corrected chi connectivity index (χ4v) is 5.34. The molecule has 1 aliphatic heterocycles. The summed E-state index contributed by atoms with van der Waals surface area (Å²) in [5, 5.41) is 3.52. The van der Waals surface area contributed by atoms with Gasteiger partial charge in [0, 0.05) is 34.1 Å². The van der Waals surface area contributed by atoms with E-state index in [1.807, 2.05) is 48.7 Å². The third-order valence-corrected chi connectivity index (χ3v) is 7.49. The minimum Gasteiger partial charge on any atom is -0.399 e. The minimum atomic E-state index is -0.202. The largest absolute Gasteiger partial charge is 0.399 e. The van der Waals surface area contributed by atoms with E-state index in [1.54, 1.807) is 0 Å². The second-order valence-corrected chi connectivity index (χ2v) is 9.72. The number of nitrogens with one attached hydrogen (secondary N) is 1. The smallest absolute Gasteiger partial charge is 0.154 e. The summed E-state index contributed by atoms with van der Waals surface area (Å²) in [5.41, 5.74) is 21.3. The van der Waals surface area contributed by atoms with Crippen molar-refractivity contribution in [3.63, 3.8) is 0 Å². The van der Waals surface area contributed by atoms with Gasteiger partial charge in [-0.3, -0.25) is 4.57 Å². The van der Waals surface area contributed by atoms with Crippen molar-refractivity contribution in [3.05, 3.63) is 96.7 Å². The Balaban J connectivity index is 1.53. The summed E-state index contributed by atoms with van der Waals surface area (Å²) >= 11 is 0. The molecule has 0 bridgehead atoms. The average Bonchev–Trinajstić information content (AvgIpc) is 3.22. The van der Waals surface area contributed by atoms with Crippen molar-refractivity contribution in [2.45, 2.75) is 24.8 Å². The molecule has 6 nitrogen and oxygen atoms in total. The highest BCUT2D eigenvalue weighted by Crippen LogP contribution is 2.45. The Kier molecular flexibility index (Phi) is 4.53. The fourth-order valence-electron chi connectivity index (χ4n) is 5.34. The molecule has 3 aromatic carbocycles. The van der Waals surface area contributed by atoms with Gasteiger partial charge >= 0.3 is 0 Å². The molecule has 0 atom stereocenters. The molecule has 1 fully saturated rings. The lowest BCUT2D eigenvalue weighted by Gasteiger charge is -2.38. The van der Waals surface area contributed by atoms with Crippen molar-refractivity contribution in [3.8, 4) is 39.6 Å². The van der Waals surface area contributed by atoms with Crippen LogP contribution in [-0.4, -0.2) is 14.5 Å². The summed E-state index contributed by atoms with van der Waals surface area (Å²) in [6.07, 6.45) is 5.07. The molecule has 6 heteroatoms. The van der Waals surface area contributed by atoms with Gasteiger partial charge < -0.3 is 16.8 Å². The summed E-state index contributed by atoms with van der Waals surface area (Å²) in [5.74, 6) is 1.66. The molecule has 5 aromatic rings. The van der Waals surface area contributed by atoms with Gasteiger partial charge in [-0.15, -0.1) is 0 Å². The first kappa shape index (κ1) is 20.9. The van der Waals surface area contributed by atoms with Crippen LogP contribution in [0.25, 0.3) is 39.6 Å². The van der Waals surface area contributed by atoms with E-state index in [4.69, 9.17) is 16.5 Å². The third-order valence-electron chi connectivity index (χ3n) is 7.49. The van der Waals surface area contributed by atoms with Gasteiger partial charge in [0.2, 0.25) is 0 Å². The molecule has 5 N–H and O–H groups in total. The van der Waals surface area contributed by atoms with E-state index in [2.05, 4.69) is 57.3 Å². The number of pyridine rings is 1. The summed E-state index contributed by atoms with van der Waals surface area (Å²) in [7, 11) is 0. The van der Waals surface area contributed by atoms with E-state index in [1.165, 1.54) is 12.0 Å². The normalized spacial score (nSPS) is 15.0. The summed E-state index contributed by atoms with van der Waals surface area (Å²) in [4.78, 5) is 9.93. The van der Waals surface area contributed by atoms with Crippen molar-refractivity contribution < 1.29 is 0 Å². The monoisotopic (exact) mass is 470 g/mol. The second kappa shape index (κ2) is 7.80. The number of aromatic nitrogens is 3.